The number of thiophene rings is 1. The van der Waals surface area contributed by atoms with Crippen molar-refractivity contribution in [1.29, 1.82) is 0 Å². The summed E-state index contributed by atoms with van der Waals surface area (Å²) in [5.41, 5.74) is 1.45. The summed E-state index contributed by atoms with van der Waals surface area (Å²) >= 11 is 1.48. The molecule has 0 aliphatic heterocycles. The van der Waals surface area contributed by atoms with E-state index in [2.05, 4.69) is 4.98 Å². The molecular formula is C19H14N2O4S. The van der Waals surface area contributed by atoms with Crippen molar-refractivity contribution in [2.24, 2.45) is 0 Å². The molecule has 7 heteroatoms. The Labute approximate surface area is 152 Å². The Balaban J connectivity index is 1.74. The van der Waals surface area contributed by atoms with Gasteiger partial charge in [0, 0.05) is 10.4 Å². The monoisotopic (exact) mass is 366 g/mol. The maximum Gasteiger partial charge on any atom is 0.374 e. The number of carbonyl (C=O) groups is 1. The Morgan fingerprint density at radius 3 is 2.85 bits per heavy atom. The molecule has 4 aromatic rings. The normalized spacial score (nSPS) is 11.0. The predicted octanol–water partition coefficient (Wildman–Crippen LogP) is 3.55. The van der Waals surface area contributed by atoms with E-state index < -0.39 is 5.97 Å². The number of methoxy groups -OCH3 is 1. The molecule has 0 bridgehead atoms. The highest BCUT2D eigenvalue weighted by atomic mass is 32.1. The van der Waals surface area contributed by atoms with Gasteiger partial charge in [-0.05, 0) is 17.7 Å². The van der Waals surface area contributed by atoms with Gasteiger partial charge in [-0.15, -0.1) is 11.3 Å². The SMILES string of the molecule is COC(=O)c1occc1Cn1cnc2sc(-c3ccccc3)cc2c1=O. The molecule has 0 spiro atoms. The van der Waals surface area contributed by atoms with E-state index in [1.54, 1.807) is 6.07 Å². The summed E-state index contributed by atoms with van der Waals surface area (Å²) in [4.78, 5) is 30.6. The Bertz CT molecular complexity index is 1140. The zero-order chi connectivity index (χ0) is 18.1. The first-order chi connectivity index (χ1) is 12.7. The second-order valence-corrected chi connectivity index (χ2v) is 6.67. The third-order valence-electron chi connectivity index (χ3n) is 4.03. The highest BCUT2D eigenvalue weighted by Gasteiger charge is 2.17. The first-order valence-corrected chi connectivity index (χ1v) is 8.68. The van der Waals surface area contributed by atoms with Crippen LogP contribution in [-0.4, -0.2) is 22.6 Å². The number of ether oxygens (including phenoxy) is 1. The topological polar surface area (TPSA) is 74.3 Å². The van der Waals surface area contributed by atoms with Crippen LogP contribution in [0.25, 0.3) is 20.7 Å². The van der Waals surface area contributed by atoms with Crippen LogP contribution in [0.3, 0.4) is 0 Å². The Morgan fingerprint density at radius 2 is 2.08 bits per heavy atom. The smallest absolute Gasteiger partial charge is 0.374 e. The van der Waals surface area contributed by atoms with E-state index in [1.807, 2.05) is 36.4 Å². The first-order valence-electron chi connectivity index (χ1n) is 7.86. The predicted molar refractivity (Wildman–Crippen MR) is 98.5 cm³/mol. The molecule has 4 rings (SSSR count). The second kappa shape index (κ2) is 6.61. The molecule has 0 amide bonds. The number of nitrogens with zero attached hydrogens (tertiary/aromatic N) is 2. The summed E-state index contributed by atoms with van der Waals surface area (Å²) in [5.74, 6) is -0.483. The lowest BCUT2D eigenvalue weighted by Gasteiger charge is -2.04. The van der Waals surface area contributed by atoms with Crippen molar-refractivity contribution in [2.75, 3.05) is 7.11 Å². The van der Waals surface area contributed by atoms with Crippen molar-refractivity contribution in [2.45, 2.75) is 6.54 Å². The standard InChI is InChI=1S/C19H14N2O4S/c1-24-19(23)16-13(7-8-25-16)10-21-11-20-17-14(18(21)22)9-15(26-17)12-5-3-2-4-6-12/h2-9,11H,10H2,1H3. The van der Waals surface area contributed by atoms with Crippen molar-refractivity contribution in [3.63, 3.8) is 0 Å². The van der Waals surface area contributed by atoms with E-state index in [0.717, 1.165) is 10.4 Å². The number of hydrogen-bond donors (Lipinski definition) is 0. The number of fused-ring (bicyclic) bond motifs is 1. The average molecular weight is 366 g/mol. The molecule has 3 aromatic heterocycles. The van der Waals surface area contributed by atoms with Crippen LogP contribution in [0.2, 0.25) is 0 Å². The number of furan rings is 1. The molecule has 0 atom stereocenters. The van der Waals surface area contributed by atoms with Gasteiger partial charge >= 0.3 is 5.97 Å². The number of rotatable bonds is 4. The summed E-state index contributed by atoms with van der Waals surface area (Å²) in [5, 5.41) is 0.555. The Hall–Kier alpha value is -3.19. The summed E-state index contributed by atoms with van der Waals surface area (Å²) in [6.07, 6.45) is 2.89. The summed E-state index contributed by atoms with van der Waals surface area (Å²) in [7, 11) is 1.28. The quantitative estimate of drug-likeness (QED) is 0.516. The molecule has 3 heterocycles. The fourth-order valence-corrected chi connectivity index (χ4v) is 3.73. The van der Waals surface area contributed by atoms with Crippen LogP contribution in [0.15, 0.2) is 64.3 Å². The molecule has 130 valence electrons. The van der Waals surface area contributed by atoms with Crippen molar-refractivity contribution >= 4 is 27.5 Å². The molecule has 0 aliphatic rings. The third kappa shape index (κ3) is 2.82. The lowest BCUT2D eigenvalue weighted by Crippen LogP contribution is -2.21. The fraction of sp³-hybridized carbons (Fsp3) is 0.105. The Kier molecular flexibility index (Phi) is 4.14. The van der Waals surface area contributed by atoms with E-state index in [1.165, 1.54) is 35.6 Å². The average Bonchev–Trinajstić information content (AvgIpc) is 3.31. The zero-order valence-corrected chi connectivity index (χ0v) is 14.7. The molecule has 0 fully saturated rings. The summed E-state index contributed by atoms with van der Waals surface area (Å²) < 4.78 is 11.3. The van der Waals surface area contributed by atoms with E-state index in [4.69, 9.17) is 9.15 Å². The van der Waals surface area contributed by atoms with E-state index >= 15 is 0 Å². The van der Waals surface area contributed by atoms with Gasteiger partial charge in [0.25, 0.3) is 5.56 Å². The number of aromatic nitrogens is 2. The largest absolute Gasteiger partial charge is 0.463 e. The van der Waals surface area contributed by atoms with Crippen LogP contribution in [0.5, 0.6) is 0 Å². The van der Waals surface area contributed by atoms with E-state index in [-0.39, 0.29) is 17.9 Å². The van der Waals surface area contributed by atoms with Crippen LogP contribution in [0.4, 0.5) is 0 Å². The molecule has 26 heavy (non-hydrogen) atoms. The minimum atomic E-state index is -0.575. The number of hydrogen-bond acceptors (Lipinski definition) is 6. The molecule has 0 unspecified atom stereocenters. The zero-order valence-electron chi connectivity index (χ0n) is 13.8. The van der Waals surface area contributed by atoms with E-state index in [0.29, 0.717) is 15.8 Å². The second-order valence-electron chi connectivity index (χ2n) is 5.64. The minimum absolute atomic E-state index is 0.0924. The summed E-state index contributed by atoms with van der Waals surface area (Å²) in [6.45, 7) is 0.180. The molecular weight excluding hydrogens is 352 g/mol. The van der Waals surface area contributed by atoms with Gasteiger partial charge in [0.2, 0.25) is 5.76 Å². The first kappa shape index (κ1) is 16.3. The maximum atomic E-state index is 12.8. The van der Waals surface area contributed by atoms with Crippen LogP contribution in [0, 0.1) is 0 Å². The maximum absolute atomic E-state index is 12.8. The number of esters is 1. The number of benzene rings is 1. The third-order valence-corrected chi connectivity index (χ3v) is 5.13. The molecule has 0 aliphatic carbocycles. The van der Waals surface area contributed by atoms with Gasteiger partial charge in [-0.3, -0.25) is 9.36 Å². The van der Waals surface area contributed by atoms with Gasteiger partial charge in [-0.1, -0.05) is 30.3 Å². The lowest BCUT2D eigenvalue weighted by atomic mass is 10.2. The van der Waals surface area contributed by atoms with Crippen LogP contribution in [-0.2, 0) is 11.3 Å². The van der Waals surface area contributed by atoms with Gasteiger partial charge in [0.15, 0.2) is 0 Å². The molecule has 0 N–H and O–H groups in total. The van der Waals surface area contributed by atoms with Crippen molar-refractivity contribution in [3.8, 4) is 10.4 Å². The van der Waals surface area contributed by atoms with Crippen molar-refractivity contribution in [1.82, 2.24) is 9.55 Å². The van der Waals surface area contributed by atoms with Gasteiger partial charge in [0.05, 0.1) is 31.6 Å². The van der Waals surface area contributed by atoms with Gasteiger partial charge in [-0.25, -0.2) is 9.78 Å². The van der Waals surface area contributed by atoms with Crippen molar-refractivity contribution in [3.05, 3.63) is 76.7 Å². The molecule has 1 aromatic carbocycles. The fourth-order valence-electron chi connectivity index (χ4n) is 2.73. The minimum Gasteiger partial charge on any atom is -0.463 e. The van der Waals surface area contributed by atoms with Gasteiger partial charge in [0.1, 0.15) is 4.83 Å². The Morgan fingerprint density at radius 1 is 1.27 bits per heavy atom. The van der Waals surface area contributed by atoms with Crippen molar-refractivity contribution < 1.29 is 13.9 Å². The molecule has 0 radical (unpaired) electrons. The molecule has 0 saturated heterocycles. The highest BCUT2D eigenvalue weighted by Crippen LogP contribution is 2.30. The van der Waals surface area contributed by atoms with Crippen LogP contribution >= 0.6 is 11.3 Å². The highest BCUT2D eigenvalue weighted by molar-refractivity contribution is 7.21. The van der Waals surface area contributed by atoms with E-state index in [9.17, 15) is 9.59 Å². The number of carbonyl (C=O) groups excluding carboxylic acids is 1. The van der Waals surface area contributed by atoms with Gasteiger partial charge in [-0.2, -0.15) is 0 Å². The van der Waals surface area contributed by atoms with Gasteiger partial charge < -0.3 is 9.15 Å². The lowest BCUT2D eigenvalue weighted by molar-refractivity contribution is 0.0563. The van der Waals surface area contributed by atoms with Crippen LogP contribution in [0.1, 0.15) is 16.1 Å². The molecule has 6 nitrogen and oxygen atoms in total. The van der Waals surface area contributed by atoms with Crippen LogP contribution < -0.4 is 5.56 Å². The molecule has 0 saturated carbocycles. The summed E-state index contributed by atoms with van der Waals surface area (Å²) in [6, 6.07) is 13.4.